The van der Waals surface area contributed by atoms with Crippen molar-refractivity contribution in [3.8, 4) is 11.5 Å². The van der Waals surface area contributed by atoms with Crippen molar-refractivity contribution in [1.29, 1.82) is 0 Å². The number of H-pyrrole nitrogens is 1. The van der Waals surface area contributed by atoms with Crippen LogP contribution in [0.15, 0.2) is 34.9 Å². The van der Waals surface area contributed by atoms with Gasteiger partial charge in [0.1, 0.15) is 11.5 Å². The Bertz CT molecular complexity index is 719. The Morgan fingerprint density at radius 2 is 2.11 bits per heavy atom. The lowest BCUT2D eigenvalue weighted by atomic mass is 10.2. The number of hydrogen-bond acceptors (Lipinski definition) is 2. The lowest BCUT2D eigenvalue weighted by molar-refractivity contribution is 0.621. The summed E-state index contributed by atoms with van der Waals surface area (Å²) in [5.74, 6) is 0.292. The summed E-state index contributed by atoms with van der Waals surface area (Å²) in [4.78, 5) is 11.7. The van der Waals surface area contributed by atoms with Gasteiger partial charge in [-0.2, -0.15) is 0 Å². The number of aryl methyl sites for hydroxylation is 1. The highest BCUT2D eigenvalue weighted by molar-refractivity contribution is 9.10. The largest absolute Gasteiger partial charge is 0.337 e. The predicted molar refractivity (Wildman–Crippen MR) is 71.7 cm³/mol. The third-order valence-electron chi connectivity index (χ3n) is 2.71. The number of aromatic amines is 1. The van der Waals surface area contributed by atoms with Gasteiger partial charge in [-0.05, 0) is 36.8 Å². The second-order valence-electron chi connectivity index (χ2n) is 4.07. The average Bonchev–Trinajstić information content (AvgIpc) is 2.74. The molecule has 0 radical (unpaired) electrons. The molecule has 0 bridgehead atoms. The van der Waals surface area contributed by atoms with Crippen molar-refractivity contribution in [1.82, 2.24) is 15.0 Å². The molecule has 0 unspecified atom stereocenters. The Hall–Kier alpha value is -1.75. The molecule has 0 aliphatic rings. The maximum atomic E-state index is 12.8. The van der Waals surface area contributed by atoms with E-state index < -0.39 is 0 Å². The van der Waals surface area contributed by atoms with Gasteiger partial charge < -0.3 is 4.98 Å². The summed E-state index contributed by atoms with van der Waals surface area (Å²) in [6, 6.07) is 6.95. The van der Waals surface area contributed by atoms with E-state index in [4.69, 9.17) is 0 Å². The number of rotatable bonds is 1. The van der Waals surface area contributed by atoms with Crippen LogP contribution >= 0.6 is 15.9 Å². The van der Waals surface area contributed by atoms with E-state index in [-0.39, 0.29) is 5.82 Å². The van der Waals surface area contributed by atoms with Crippen molar-refractivity contribution < 1.29 is 4.39 Å². The highest BCUT2D eigenvalue weighted by atomic mass is 79.9. The van der Waals surface area contributed by atoms with Gasteiger partial charge in [-0.3, -0.25) is 0 Å². The van der Waals surface area contributed by atoms with Gasteiger partial charge in [0.15, 0.2) is 5.82 Å². The fourth-order valence-corrected chi connectivity index (χ4v) is 2.46. The third kappa shape index (κ3) is 1.90. The van der Waals surface area contributed by atoms with Gasteiger partial charge in [-0.25, -0.2) is 14.4 Å². The van der Waals surface area contributed by atoms with Crippen molar-refractivity contribution in [3.63, 3.8) is 0 Å². The van der Waals surface area contributed by atoms with Gasteiger partial charge in [0.25, 0.3) is 0 Å². The van der Waals surface area contributed by atoms with Crippen LogP contribution in [0.2, 0.25) is 0 Å². The molecule has 3 nitrogen and oxygen atoms in total. The molecule has 1 aromatic carbocycles. The number of nitrogens with one attached hydrogen (secondary N) is 1. The molecule has 2 aromatic heterocycles. The Kier molecular flexibility index (Phi) is 2.63. The predicted octanol–water partition coefficient (Wildman–Crippen LogP) is 3.83. The molecule has 90 valence electrons. The number of benzene rings is 1. The van der Waals surface area contributed by atoms with Gasteiger partial charge in [0.05, 0.1) is 17.2 Å². The number of fused-ring (bicyclic) bond motifs is 1. The number of imidazole rings is 1. The first-order valence-corrected chi connectivity index (χ1v) is 6.20. The molecule has 0 atom stereocenters. The van der Waals surface area contributed by atoms with E-state index in [1.54, 1.807) is 6.07 Å². The van der Waals surface area contributed by atoms with Gasteiger partial charge in [-0.1, -0.05) is 15.9 Å². The zero-order valence-corrected chi connectivity index (χ0v) is 11.1. The molecule has 0 spiro atoms. The third-order valence-corrected chi connectivity index (χ3v) is 3.17. The maximum absolute atomic E-state index is 12.8. The van der Waals surface area contributed by atoms with E-state index in [2.05, 4.69) is 30.9 Å². The Balaban J connectivity index is 2.19. The summed E-state index contributed by atoms with van der Waals surface area (Å²) in [7, 11) is 0. The molecule has 3 aromatic rings. The first-order valence-electron chi connectivity index (χ1n) is 5.41. The van der Waals surface area contributed by atoms with Crippen molar-refractivity contribution in [2.75, 3.05) is 0 Å². The average molecular weight is 306 g/mol. The lowest BCUT2D eigenvalue weighted by Crippen LogP contribution is -1.86. The highest BCUT2D eigenvalue weighted by Gasteiger charge is 2.09. The lowest BCUT2D eigenvalue weighted by Gasteiger charge is -1.94. The molecular weight excluding hydrogens is 297 g/mol. The van der Waals surface area contributed by atoms with Crippen molar-refractivity contribution in [3.05, 3.63) is 46.3 Å². The summed E-state index contributed by atoms with van der Waals surface area (Å²) in [6.07, 6.45) is 1.19. The molecule has 18 heavy (non-hydrogen) atoms. The van der Waals surface area contributed by atoms with E-state index in [1.165, 1.54) is 12.3 Å². The van der Waals surface area contributed by atoms with Crippen LogP contribution in [0.3, 0.4) is 0 Å². The highest BCUT2D eigenvalue weighted by Crippen LogP contribution is 2.25. The van der Waals surface area contributed by atoms with Gasteiger partial charge in [0, 0.05) is 4.47 Å². The normalized spacial score (nSPS) is 11.1. The second-order valence-corrected chi connectivity index (χ2v) is 4.98. The van der Waals surface area contributed by atoms with Crippen LogP contribution in [0, 0.1) is 12.7 Å². The molecule has 0 saturated heterocycles. The standard InChI is InChI=1S/C13H9BrFN3/c1-7-4-8(14)5-11-12(7)18-13(17-11)10-3-2-9(15)6-16-10/h2-6H,1H3,(H,17,18). The Morgan fingerprint density at radius 1 is 1.28 bits per heavy atom. The summed E-state index contributed by atoms with van der Waals surface area (Å²) in [5.41, 5.74) is 3.54. The molecular formula is C13H9BrFN3. The van der Waals surface area contributed by atoms with Gasteiger partial charge in [-0.15, -0.1) is 0 Å². The molecule has 0 fully saturated rings. The van der Waals surface area contributed by atoms with E-state index >= 15 is 0 Å². The first-order chi connectivity index (χ1) is 8.63. The molecule has 0 aliphatic carbocycles. The number of aromatic nitrogens is 3. The van der Waals surface area contributed by atoms with E-state index in [9.17, 15) is 4.39 Å². The molecule has 0 amide bonds. The first kappa shape index (κ1) is 11.3. The molecule has 1 N–H and O–H groups in total. The van der Waals surface area contributed by atoms with E-state index in [0.717, 1.165) is 21.1 Å². The van der Waals surface area contributed by atoms with E-state index in [1.807, 2.05) is 19.1 Å². The van der Waals surface area contributed by atoms with Crippen LogP contribution in [0.4, 0.5) is 4.39 Å². The SMILES string of the molecule is Cc1cc(Br)cc2[nH]c(-c3ccc(F)cn3)nc12. The summed E-state index contributed by atoms with van der Waals surface area (Å²) in [5, 5.41) is 0. The molecule has 3 rings (SSSR count). The minimum absolute atomic E-state index is 0.353. The van der Waals surface area contributed by atoms with Gasteiger partial charge in [0.2, 0.25) is 0 Å². The van der Waals surface area contributed by atoms with Crippen LogP contribution in [-0.2, 0) is 0 Å². The minimum Gasteiger partial charge on any atom is -0.337 e. The Morgan fingerprint density at radius 3 is 2.83 bits per heavy atom. The minimum atomic E-state index is -0.353. The molecule has 5 heteroatoms. The smallest absolute Gasteiger partial charge is 0.157 e. The zero-order chi connectivity index (χ0) is 12.7. The fourth-order valence-electron chi connectivity index (χ4n) is 1.88. The van der Waals surface area contributed by atoms with Crippen LogP contribution in [-0.4, -0.2) is 15.0 Å². The van der Waals surface area contributed by atoms with Crippen molar-refractivity contribution in [2.24, 2.45) is 0 Å². The number of nitrogens with zero attached hydrogens (tertiary/aromatic N) is 2. The zero-order valence-electron chi connectivity index (χ0n) is 9.54. The number of hydrogen-bond donors (Lipinski definition) is 1. The maximum Gasteiger partial charge on any atom is 0.157 e. The van der Waals surface area contributed by atoms with Crippen LogP contribution in [0.5, 0.6) is 0 Å². The monoisotopic (exact) mass is 305 g/mol. The fraction of sp³-hybridized carbons (Fsp3) is 0.0769. The van der Waals surface area contributed by atoms with Crippen LogP contribution in [0.1, 0.15) is 5.56 Å². The van der Waals surface area contributed by atoms with Crippen LogP contribution < -0.4 is 0 Å². The molecule has 0 saturated carbocycles. The Labute approximate surface area is 111 Å². The topological polar surface area (TPSA) is 41.6 Å². The second kappa shape index (κ2) is 4.17. The van der Waals surface area contributed by atoms with E-state index in [0.29, 0.717) is 11.5 Å². The quantitative estimate of drug-likeness (QED) is 0.742. The number of pyridine rings is 1. The summed E-state index contributed by atoms with van der Waals surface area (Å²) < 4.78 is 13.8. The van der Waals surface area contributed by atoms with Crippen molar-refractivity contribution >= 4 is 27.0 Å². The van der Waals surface area contributed by atoms with Crippen LogP contribution in [0.25, 0.3) is 22.6 Å². The molecule has 2 heterocycles. The summed E-state index contributed by atoms with van der Waals surface area (Å²) >= 11 is 3.45. The van der Waals surface area contributed by atoms with Gasteiger partial charge >= 0.3 is 0 Å². The number of halogens is 2. The molecule has 0 aliphatic heterocycles. The van der Waals surface area contributed by atoms with Crippen molar-refractivity contribution in [2.45, 2.75) is 6.92 Å². The summed E-state index contributed by atoms with van der Waals surface area (Å²) in [6.45, 7) is 2.00.